The number of nitrogens with zero attached hydrogens (tertiary/aromatic N) is 4. The first kappa shape index (κ1) is 23.6. The van der Waals surface area contributed by atoms with Gasteiger partial charge in [-0.1, -0.05) is 0 Å². The Morgan fingerprint density at radius 2 is 1.81 bits per heavy atom. The van der Waals surface area contributed by atoms with Gasteiger partial charge in [-0.05, 0) is 75.3 Å². The van der Waals surface area contributed by atoms with Crippen molar-refractivity contribution in [3.63, 3.8) is 0 Å². The van der Waals surface area contributed by atoms with Crippen molar-refractivity contribution < 1.29 is 13.9 Å². The fraction of sp³-hybridized carbons (Fsp3) is 0.440. The van der Waals surface area contributed by atoms with Crippen LogP contribution in [0.15, 0.2) is 48.5 Å². The molecule has 2 aromatic rings. The van der Waals surface area contributed by atoms with Gasteiger partial charge in [-0.15, -0.1) is 0 Å². The van der Waals surface area contributed by atoms with Crippen LogP contribution < -0.4 is 14.5 Å². The Kier molecular flexibility index (Phi) is 8.46. The summed E-state index contributed by atoms with van der Waals surface area (Å²) in [7, 11) is 1.98. The van der Waals surface area contributed by atoms with Crippen molar-refractivity contribution in [2.45, 2.75) is 32.2 Å². The van der Waals surface area contributed by atoms with Gasteiger partial charge >= 0.3 is 0 Å². The van der Waals surface area contributed by atoms with E-state index in [-0.39, 0.29) is 18.1 Å². The molecule has 2 aromatic carbocycles. The first-order valence-corrected chi connectivity index (χ1v) is 11.1. The first-order valence-electron chi connectivity index (χ1n) is 11.1. The van der Waals surface area contributed by atoms with Crippen LogP contribution in [0.4, 0.5) is 15.8 Å². The summed E-state index contributed by atoms with van der Waals surface area (Å²) in [5, 5.41) is 9.03. The highest BCUT2D eigenvalue weighted by atomic mass is 19.1. The van der Waals surface area contributed by atoms with Crippen LogP contribution in [0.2, 0.25) is 0 Å². The molecule has 0 atom stereocenters. The van der Waals surface area contributed by atoms with E-state index in [0.29, 0.717) is 25.7 Å². The molecule has 1 fully saturated rings. The van der Waals surface area contributed by atoms with Gasteiger partial charge in [-0.3, -0.25) is 9.69 Å². The van der Waals surface area contributed by atoms with Crippen molar-refractivity contribution in [3.05, 3.63) is 54.3 Å². The fourth-order valence-electron chi connectivity index (χ4n) is 4.09. The number of anilines is 2. The molecule has 6 nitrogen and oxygen atoms in total. The molecule has 1 amide bonds. The molecule has 1 saturated heterocycles. The third kappa shape index (κ3) is 6.21. The zero-order chi connectivity index (χ0) is 22.9. The minimum Gasteiger partial charge on any atom is -0.494 e. The molecule has 0 radical (unpaired) electrons. The summed E-state index contributed by atoms with van der Waals surface area (Å²) in [5.41, 5.74) is 1.80. The van der Waals surface area contributed by atoms with Gasteiger partial charge in [0.15, 0.2) is 0 Å². The Morgan fingerprint density at radius 3 is 2.41 bits per heavy atom. The topological polar surface area (TPSA) is 59.8 Å². The largest absolute Gasteiger partial charge is 0.494 e. The van der Waals surface area contributed by atoms with E-state index in [1.54, 1.807) is 4.90 Å². The number of nitriles is 1. The third-order valence-corrected chi connectivity index (χ3v) is 5.87. The molecule has 1 aliphatic heterocycles. The van der Waals surface area contributed by atoms with E-state index in [4.69, 9.17) is 10.00 Å². The molecule has 0 unspecified atom stereocenters. The molecule has 0 spiro atoms. The normalized spacial score (nSPS) is 14.3. The molecule has 0 saturated carbocycles. The number of benzene rings is 2. The smallest absolute Gasteiger partial charge is 0.241 e. The lowest BCUT2D eigenvalue weighted by molar-refractivity contribution is -0.120. The number of amides is 1. The van der Waals surface area contributed by atoms with Gasteiger partial charge < -0.3 is 14.5 Å². The van der Waals surface area contributed by atoms with Crippen LogP contribution in [0.5, 0.6) is 5.75 Å². The van der Waals surface area contributed by atoms with Crippen LogP contribution in [-0.4, -0.2) is 56.7 Å². The Bertz CT molecular complexity index is 903. The molecule has 0 aromatic heterocycles. The number of likely N-dealkylation sites (N-methyl/N-ethyl adjacent to an activating group) is 1. The van der Waals surface area contributed by atoms with Crippen LogP contribution in [-0.2, 0) is 4.79 Å². The second-order valence-corrected chi connectivity index (χ2v) is 7.99. The van der Waals surface area contributed by atoms with Gasteiger partial charge in [-0.25, -0.2) is 4.39 Å². The maximum atomic E-state index is 13.2. The molecule has 170 valence electrons. The van der Waals surface area contributed by atoms with Gasteiger partial charge in [-0.2, -0.15) is 5.26 Å². The SMILES string of the molecule is CCOc1ccc(N(CCC#N)C(=O)CN(C)C2CCN(c3ccc(F)cc3)CC2)cc1. The summed E-state index contributed by atoms with van der Waals surface area (Å²) in [6.07, 6.45) is 2.14. The number of carbonyl (C=O) groups excluding carboxylic acids is 1. The predicted octanol–water partition coefficient (Wildman–Crippen LogP) is 4.07. The zero-order valence-electron chi connectivity index (χ0n) is 18.8. The third-order valence-electron chi connectivity index (χ3n) is 5.87. The average molecular weight is 439 g/mol. The maximum Gasteiger partial charge on any atom is 0.241 e. The number of rotatable bonds is 9. The second kappa shape index (κ2) is 11.5. The Balaban J connectivity index is 1.58. The van der Waals surface area contributed by atoms with E-state index in [1.165, 1.54) is 12.1 Å². The van der Waals surface area contributed by atoms with Gasteiger partial charge in [0.2, 0.25) is 5.91 Å². The van der Waals surface area contributed by atoms with E-state index in [0.717, 1.165) is 43.1 Å². The molecule has 32 heavy (non-hydrogen) atoms. The standard InChI is InChI=1S/C25H31FN4O2/c1-3-32-24-11-9-23(10-12-24)30(16-4-15-27)25(31)19-28(2)21-13-17-29(18-14-21)22-7-5-20(26)6-8-22/h5-12,21H,3-4,13-14,16-19H2,1-2H3. The van der Waals surface area contributed by atoms with Gasteiger partial charge in [0, 0.05) is 37.1 Å². The van der Waals surface area contributed by atoms with Crippen LogP contribution in [0.1, 0.15) is 26.2 Å². The van der Waals surface area contributed by atoms with Gasteiger partial charge in [0.1, 0.15) is 11.6 Å². The number of hydrogen-bond donors (Lipinski definition) is 0. The molecular weight excluding hydrogens is 407 g/mol. The number of ether oxygens (including phenoxy) is 1. The Morgan fingerprint density at radius 1 is 1.16 bits per heavy atom. The van der Waals surface area contributed by atoms with Gasteiger partial charge in [0.25, 0.3) is 0 Å². The minimum absolute atomic E-state index is 0.0205. The Labute approximate surface area is 189 Å². The Hall–Kier alpha value is -3.11. The summed E-state index contributed by atoms with van der Waals surface area (Å²) in [5.74, 6) is 0.511. The van der Waals surface area contributed by atoms with E-state index < -0.39 is 0 Å². The highest BCUT2D eigenvalue weighted by molar-refractivity contribution is 5.94. The molecule has 3 rings (SSSR count). The number of hydrogen-bond acceptors (Lipinski definition) is 5. The van der Waals surface area contributed by atoms with E-state index in [1.807, 2.05) is 50.4 Å². The molecule has 7 heteroatoms. The molecule has 0 N–H and O–H groups in total. The molecule has 0 bridgehead atoms. The highest BCUT2D eigenvalue weighted by Gasteiger charge is 2.26. The van der Waals surface area contributed by atoms with Crippen LogP contribution in [0, 0.1) is 17.1 Å². The van der Waals surface area contributed by atoms with E-state index in [9.17, 15) is 9.18 Å². The van der Waals surface area contributed by atoms with Crippen LogP contribution in [0.25, 0.3) is 0 Å². The highest BCUT2D eigenvalue weighted by Crippen LogP contribution is 2.24. The number of piperidine rings is 1. The summed E-state index contributed by atoms with van der Waals surface area (Å²) in [4.78, 5) is 19.2. The van der Waals surface area contributed by atoms with Crippen molar-refractivity contribution in [1.82, 2.24) is 4.90 Å². The molecule has 1 aliphatic rings. The monoisotopic (exact) mass is 438 g/mol. The lowest BCUT2D eigenvalue weighted by Crippen LogP contribution is -2.47. The minimum atomic E-state index is -0.227. The lowest BCUT2D eigenvalue weighted by Gasteiger charge is -2.38. The second-order valence-electron chi connectivity index (χ2n) is 7.99. The zero-order valence-corrected chi connectivity index (χ0v) is 18.8. The molecule has 1 heterocycles. The maximum absolute atomic E-state index is 13.2. The average Bonchev–Trinajstić information content (AvgIpc) is 2.81. The number of carbonyl (C=O) groups is 1. The summed E-state index contributed by atoms with van der Waals surface area (Å²) in [6.45, 7) is 4.90. The van der Waals surface area contributed by atoms with E-state index in [2.05, 4.69) is 15.9 Å². The van der Waals surface area contributed by atoms with Gasteiger partial charge in [0.05, 0.1) is 25.6 Å². The quantitative estimate of drug-likeness (QED) is 0.591. The fourth-order valence-corrected chi connectivity index (χ4v) is 4.09. The van der Waals surface area contributed by atoms with Crippen molar-refractivity contribution in [2.24, 2.45) is 0 Å². The van der Waals surface area contributed by atoms with Crippen LogP contribution >= 0.6 is 0 Å². The van der Waals surface area contributed by atoms with Crippen molar-refractivity contribution in [2.75, 3.05) is 49.6 Å². The summed E-state index contributed by atoms with van der Waals surface area (Å²) in [6, 6.07) is 16.5. The van der Waals surface area contributed by atoms with Crippen LogP contribution in [0.3, 0.4) is 0 Å². The summed E-state index contributed by atoms with van der Waals surface area (Å²) >= 11 is 0. The first-order chi connectivity index (χ1) is 15.5. The summed E-state index contributed by atoms with van der Waals surface area (Å²) < 4.78 is 18.7. The van der Waals surface area contributed by atoms with Crippen molar-refractivity contribution in [3.8, 4) is 11.8 Å². The number of halogens is 1. The predicted molar refractivity (Wildman–Crippen MR) is 124 cm³/mol. The van der Waals surface area contributed by atoms with Crippen molar-refractivity contribution >= 4 is 17.3 Å². The lowest BCUT2D eigenvalue weighted by atomic mass is 10.0. The van der Waals surface area contributed by atoms with E-state index >= 15 is 0 Å². The van der Waals surface area contributed by atoms with Crippen molar-refractivity contribution in [1.29, 1.82) is 5.26 Å². The molecule has 0 aliphatic carbocycles. The molecular formula is C25H31FN4O2.